The van der Waals surface area contributed by atoms with Crippen LogP contribution in [0.2, 0.25) is 0 Å². The molecular weight excluding hydrogens is 296 g/mol. The predicted octanol–water partition coefficient (Wildman–Crippen LogP) is 2.33. The van der Waals surface area contributed by atoms with Crippen LogP contribution in [0.1, 0.15) is 24.5 Å². The molecule has 0 saturated carbocycles. The number of aryl methyl sites for hydroxylation is 1. The Morgan fingerprint density at radius 2 is 2.22 bits per heavy atom. The lowest BCUT2D eigenvalue weighted by atomic mass is 10.1. The number of hydrogen-bond donors (Lipinski definition) is 3. The third-order valence-electron chi connectivity index (χ3n) is 2.79. The maximum absolute atomic E-state index is 11.6. The van der Waals surface area contributed by atoms with E-state index < -0.39 is 0 Å². The Labute approximate surface area is 116 Å². The maximum atomic E-state index is 11.6. The first kappa shape index (κ1) is 15.0. The third kappa shape index (κ3) is 4.66. The summed E-state index contributed by atoms with van der Waals surface area (Å²) in [4.78, 5) is 11.6. The molecule has 0 radical (unpaired) electrons. The van der Waals surface area contributed by atoms with Crippen molar-refractivity contribution in [3.8, 4) is 0 Å². The van der Waals surface area contributed by atoms with E-state index in [4.69, 9.17) is 5.11 Å². The monoisotopic (exact) mass is 314 g/mol. The first-order chi connectivity index (χ1) is 8.56. The number of carbonyl (C=O) groups excluding carboxylic acids is 1. The van der Waals surface area contributed by atoms with Crippen molar-refractivity contribution in [3.63, 3.8) is 0 Å². The van der Waals surface area contributed by atoms with Gasteiger partial charge in [0.2, 0.25) is 0 Å². The van der Waals surface area contributed by atoms with Crippen LogP contribution in [0.25, 0.3) is 0 Å². The molecule has 1 rings (SSSR count). The van der Waals surface area contributed by atoms with Gasteiger partial charge in [-0.25, -0.2) is 4.79 Å². The lowest BCUT2D eigenvalue weighted by Gasteiger charge is -2.15. The average Bonchev–Trinajstić information content (AvgIpc) is 2.35. The third-order valence-corrected chi connectivity index (χ3v) is 3.29. The second-order valence-electron chi connectivity index (χ2n) is 4.19. The molecule has 0 spiro atoms. The zero-order chi connectivity index (χ0) is 13.5. The summed E-state index contributed by atoms with van der Waals surface area (Å²) in [6.45, 7) is 4.36. The Morgan fingerprint density at radius 1 is 1.50 bits per heavy atom. The molecule has 0 bridgehead atoms. The fourth-order valence-corrected chi connectivity index (χ4v) is 2.02. The van der Waals surface area contributed by atoms with Crippen LogP contribution >= 0.6 is 15.9 Å². The van der Waals surface area contributed by atoms with Crippen molar-refractivity contribution in [1.82, 2.24) is 10.6 Å². The summed E-state index contributed by atoms with van der Waals surface area (Å²) < 4.78 is 1.03. The zero-order valence-electron chi connectivity index (χ0n) is 10.7. The summed E-state index contributed by atoms with van der Waals surface area (Å²) >= 11 is 3.40. The number of aliphatic hydroxyl groups excluding tert-OH is 1. The largest absolute Gasteiger partial charge is 0.394 e. The molecular formula is C13H19BrN2O2. The van der Waals surface area contributed by atoms with Crippen LogP contribution in [-0.4, -0.2) is 23.8 Å². The molecule has 4 nitrogen and oxygen atoms in total. The van der Waals surface area contributed by atoms with Crippen LogP contribution in [0.4, 0.5) is 4.79 Å². The van der Waals surface area contributed by atoms with Gasteiger partial charge in [-0.15, -0.1) is 0 Å². The van der Waals surface area contributed by atoms with Crippen molar-refractivity contribution in [2.45, 2.75) is 32.9 Å². The van der Waals surface area contributed by atoms with Crippen LogP contribution in [0.15, 0.2) is 22.7 Å². The number of hydrogen-bond acceptors (Lipinski definition) is 2. The number of aliphatic hydroxyl groups is 1. The van der Waals surface area contributed by atoms with Crippen LogP contribution in [0.3, 0.4) is 0 Å². The Kier molecular flexibility index (Phi) is 6.15. The van der Waals surface area contributed by atoms with Crippen LogP contribution in [-0.2, 0) is 6.54 Å². The van der Waals surface area contributed by atoms with Crippen molar-refractivity contribution in [1.29, 1.82) is 0 Å². The molecule has 2 amide bonds. The number of amides is 2. The predicted molar refractivity (Wildman–Crippen MR) is 75.4 cm³/mol. The fraction of sp³-hybridized carbons (Fsp3) is 0.462. The number of nitrogens with one attached hydrogen (secondary N) is 2. The molecule has 18 heavy (non-hydrogen) atoms. The Morgan fingerprint density at radius 3 is 2.78 bits per heavy atom. The van der Waals surface area contributed by atoms with Crippen molar-refractivity contribution >= 4 is 22.0 Å². The van der Waals surface area contributed by atoms with E-state index in [0.29, 0.717) is 13.0 Å². The molecule has 0 aliphatic carbocycles. The summed E-state index contributed by atoms with van der Waals surface area (Å²) in [5.74, 6) is 0. The maximum Gasteiger partial charge on any atom is 0.315 e. The molecule has 0 aliphatic heterocycles. The van der Waals surface area contributed by atoms with E-state index in [0.717, 1.165) is 15.6 Å². The highest BCUT2D eigenvalue weighted by molar-refractivity contribution is 9.10. The van der Waals surface area contributed by atoms with Gasteiger partial charge in [-0.2, -0.15) is 0 Å². The Bertz CT molecular complexity index is 406. The van der Waals surface area contributed by atoms with E-state index in [-0.39, 0.29) is 18.7 Å². The number of rotatable bonds is 5. The van der Waals surface area contributed by atoms with Crippen LogP contribution < -0.4 is 10.6 Å². The highest BCUT2D eigenvalue weighted by Gasteiger charge is 2.08. The van der Waals surface area contributed by atoms with E-state index in [1.165, 1.54) is 0 Å². The standard InChI is InChI=1S/C13H19BrN2O2/c1-3-12(8-17)16-13(18)15-7-10-4-5-11(14)6-9(10)2/h4-6,12,17H,3,7-8H2,1-2H3,(H2,15,16,18). The van der Waals surface area contributed by atoms with Gasteiger partial charge in [0.25, 0.3) is 0 Å². The summed E-state index contributed by atoms with van der Waals surface area (Å²) in [7, 11) is 0. The SMILES string of the molecule is CCC(CO)NC(=O)NCc1ccc(Br)cc1C. The Balaban J connectivity index is 2.47. The van der Waals surface area contributed by atoms with Gasteiger partial charge in [-0.1, -0.05) is 28.9 Å². The molecule has 0 aromatic heterocycles. The highest BCUT2D eigenvalue weighted by Crippen LogP contribution is 2.15. The van der Waals surface area contributed by atoms with Gasteiger partial charge in [-0.3, -0.25) is 0 Å². The lowest BCUT2D eigenvalue weighted by molar-refractivity contribution is 0.214. The minimum absolute atomic E-state index is 0.0404. The van der Waals surface area contributed by atoms with Gasteiger partial charge in [0.15, 0.2) is 0 Å². The molecule has 0 aliphatic rings. The van der Waals surface area contributed by atoms with E-state index >= 15 is 0 Å². The zero-order valence-corrected chi connectivity index (χ0v) is 12.3. The van der Waals surface area contributed by atoms with E-state index in [1.807, 2.05) is 32.0 Å². The van der Waals surface area contributed by atoms with Crippen LogP contribution in [0.5, 0.6) is 0 Å². The van der Waals surface area contributed by atoms with E-state index in [9.17, 15) is 4.79 Å². The molecule has 1 aromatic carbocycles. The summed E-state index contributed by atoms with van der Waals surface area (Å²) in [5.41, 5.74) is 2.20. The second kappa shape index (κ2) is 7.38. The molecule has 0 heterocycles. The smallest absolute Gasteiger partial charge is 0.315 e. The number of halogens is 1. The minimum atomic E-state index is -0.252. The normalized spacial score (nSPS) is 12.0. The van der Waals surface area contributed by atoms with Gasteiger partial charge in [0.1, 0.15) is 0 Å². The lowest BCUT2D eigenvalue weighted by Crippen LogP contribution is -2.43. The topological polar surface area (TPSA) is 61.4 Å². The highest BCUT2D eigenvalue weighted by atomic mass is 79.9. The quantitative estimate of drug-likeness (QED) is 0.781. The van der Waals surface area contributed by atoms with Crippen molar-refractivity contribution in [3.05, 3.63) is 33.8 Å². The van der Waals surface area contributed by atoms with Gasteiger partial charge in [-0.05, 0) is 36.6 Å². The number of carbonyl (C=O) groups is 1. The molecule has 3 N–H and O–H groups in total. The van der Waals surface area contributed by atoms with Crippen molar-refractivity contribution in [2.24, 2.45) is 0 Å². The second-order valence-corrected chi connectivity index (χ2v) is 5.10. The van der Waals surface area contributed by atoms with Gasteiger partial charge in [0, 0.05) is 11.0 Å². The molecule has 1 atom stereocenters. The Hall–Kier alpha value is -1.07. The summed E-state index contributed by atoms with van der Waals surface area (Å²) in [6.07, 6.45) is 0.710. The van der Waals surface area contributed by atoms with Gasteiger partial charge < -0.3 is 15.7 Å². The molecule has 100 valence electrons. The van der Waals surface area contributed by atoms with Crippen molar-refractivity contribution < 1.29 is 9.90 Å². The summed E-state index contributed by atoms with van der Waals surface area (Å²) in [5, 5.41) is 14.5. The number of benzene rings is 1. The van der Waals surface area contributed by atoms with E-state index in [2.05, 4.69) is 26.6 Å². The van der Waals surface area contributed by atoms with Crippen molar-refractivity contribution in [2.75, 3.05) is 6.61 Å². The molecule has 1 unspecified atom stereocenters. The fourth-order valence-electron chi connectivity index (χ4n) is 1.55. The first-order valence-corrected chi connectivity index (χ1v) is 6.76. The average molecular weight is 315 g/mol. The minimum Gasteiger partial charge on any atom is -0.394 e. The molecule has 0 fully saturated rings. The van der Waals surface area contributed by atoms with E-state index in [1.54, 1.807) is 0 Å². The van der Waals surface area contributed by atoms with Gasteiger partial charge >= 0.3 is 6.03 Å². The van der Waals surface area contributed by atoms with Gasteiger partial charge in [0.05, 0.1) is 12.6 Å². The molecule has 0 saturated heterocycles. The molecule has 5 heteroatoms. The summed E-state index contributed by atoms with van der Waals surface area (Å²) in [6, 6.07) is 5.50. The first-order valence-electron chi connectivity index (χ1n) is 5.97. The molecule has 1 aromatic rings. The number of urea groups is 1. The van der Waals surface area contributed by atoms with Crippen LogP contribution in [0, 0.1) is 6.92 Å².